The van der Waals surface area contributed by atoms with E-state index in [0.29, 0.717) is 0 Å². The van der Waals surface area contributed by atoms with Crippen LogP contribution in [-0.4, -0.2) is 33.8 Å². The molecule has 7 heteroatoms. The topological polar surface area (TPSA) is 113 Å². The third kappa shape index (κ3) is 4.60. The van der Waals surface area contributed by atoms with Crippen LogP contribution in [0.2, 0.25) is 0 Å². The number of ether oxygens (including phenoxy) is 1. The number of hydrogen-bond donors (Lipinski definition) is 3. The van der Waals surface area contributed by atoms with Gasteiger partial charge in [-0.3, -0.25) is 4.79 Å². The quantitative estimate of drug-likeness (QED) is 0.722. The maximum Gasteiger partial charge on any atom is 0.408 e. The van der Waals surface area contributed by atoms with E-state index < -0.39 is 30.0 Å². The number of carboxylic acids is 2. The Bertz CT molecular complexity index is 501. The molecular weight excluding hydrogens is 266 g/mol. The lowest BCUT2D eigenvalue weighted by atomic mass is 9.98. The second-order valence-corrected chi connectivity index (χ2v) is 4.39. The first-order chi connectivity index (χ1) is 9.33. The lowest BCUT2D eigenvalue weighted by molar-refractivity contribution is -0.150. The summed E-state index contributed by atoms with van der Waals surface area (Å²) in [5, 5.41) is 19.7. The standard InChI is InChI=1S/C13H15NO6/c1-13(11(17)18,7-10(15)16)14-12(19)20-8-9-5-3-2-4-6-9/h2-6H,7-8H2,1H3,(H,14,19)(H,15,16)(H,17,18). The van der Waals surface area contributed by atoms with Gasteiger partial charge in [0.15, 0.2) is 0 Å². The molecule has 1 amide bonds. The molecule has 3 N–H and O–H groups in total. The van der Waals surface area contributed by atoms with Crippen molar-refractivity contribution in [2.75, 3.05) is 0 Å². The van der Waals surface area contributed by atoms with E-state index in [1.807, 2.05) is 0 Å². The summed E-state index contributed by atoms with van der Waals surface area (Å²) < 4.78 is 4.85. The number of carboxylic acid groups (broad SMARTS) is 2. The van der Waals surface area contributed by atoms with Crippen LogP contribution in [0.15, 0.2) is 30.3 Å². The van der Waals surface area contributed by atoms with E-state index in [2.05, 4.69) is 5.32 Å². The van der Waals surface area contributed by atoms with Crippen molar-refractivity contribution in [2.45, 2.75) is 25.5 Å². The Morgan fingerprint density at radius 2 is 1.80 bits per heavy atom. The molecule has 0 aliphatic heterocycles. The van der Waals surface area contributed by atoms with Crippen molar-refractivity contribution in [3.63, 3.8) is 0 Å². The highest BCUT2D eigenvalue weighted by molar-refractivity contribution is 5.88. The summed E-state index contributed by atoms with van der Waals surface area (Å²) in [6, 6.07) is 8.81. The highest BCUT2D eigenvalue weighted by Gasteiger charge is 2.38. The Morgan fingerprint density at radius 1 is 1.20 bits per heavy atom. The van der Waals surface area contributed by atoms with E-state index in [-0.39, 0.29) is 6.61 Å². The zero-order chi connectivity index (χ0) is 15.2. The summed E-state index contributed by atoms with van der Waals surface area (Å²) in [4.78, 5) is 33.2. The summed E-state index contributed by atoms with van der Waals surface area (Å²) in [7, 11) is 0. The molecule has 0 saturated carbocycles. The molecule has 1 aromatic carbocycles. The highest BCUT2D eigenvalue weighted by atomic mass is 16.5. The number of rotatable bonds is 6. The SMILES string of the molecule is CC(CC(=O)O)(NC(=O)OCc1ccccc1)C(=O)O. The second kappa shape index (κ2) is 6.55. The summed E-state index contributed by atoms with van der Waals surface area (Å²) in [6.45, 7) is 1.07. The number of alkyl carbamates (subject to hydrolysis) is 1. The van der Waals surface area contributed by atoms with Crippen LogP contribution in [0.25, 0.3) is 0 Å². The monoisotopic (exact) mass is 281 g/mol. The molecule has 1 rings (SSSR count). The van der Waals surface area contributed by atoms with Crippen molar-refractivity contribution in [3.8, 4) is 0 Å². The van der Waals surface area contributed by atoms with Crippen molar-refractivity contribution in [2.24, 2.45) is 0 Å². The minimum absolute atomic E-state index is 0.0323. The number of hydrogen-bond acceptors (Lipinski definition) is 4. The van der Waals surface area contributed by atoms with Crippen molar-refractivity contribution < 1.29 is 29.3 Å². The number of aliphatic carboxylic acids is 2. The summed E-state index contributed by atoms with van der Waals surface area (Å²) in [5.41, 5.74) is -1.18. The van der Waals surface area contributed by atoms with Gasteiger partial charge in [0.2, 0.25) is 0 Å². The fourth-order valence-corrected chi connectivity index (χ4v) is 1.46. The molecule has 0 saturated heterocycles. The van der Waals surface area contributed by atoms with Crippen molar-refractivity contribution in [3.05, 3.63) is 35.9 Å². The maximum atomic E-state index is 11.5. The molecule has 108 valence electrons. The van der Waals surface area contributed by atoms with Crippen LogP contribution in [0.1, 0.15) is 18.9 Å². The first-order valence-corrected chi connectivity index (χ1v) is 5.77. The molecule has 0 spiro atoms. The summed E-state index contributed by atoms with van der Waals surface area (Å²) in [6.07, 6.45) is -1.73. The summed E-state index contributed by atoms with van der Waals surface area (Å²) in [5.74, 6) is -2.78. The predicted octanol–water partition coefficient (Wildman–Crippen LogP) is 1.23. The smallest absolute Gasteiger partial charge is 0.408 e. The van der Waals surface area contributed by atoms with Crippen LogP contribution in [0.5, 0.6) is 0 Å². The van der Waals surface area contributed by atoms with E-state index >= 15 is 0 Å². The fourth-order valence-electron chi connectivity index (χ4n) is 1.46. The van der Waals surface area contributed by atoms with Crippen LogP contribution in [-0.2, 0) is 20.9 Å². The zero-order valence-electron chi connectivity index (χ0n) is 10.8. The lowest BCUT2D eigenvalue weighted by Gasteiger charge is -2.23. The van der Waals surface area contributed by atoms with E-state index in [4.69, 9.17) is 14.9 Å². The average molecular weight is 281 g/mol. The zero-order valence-corrected chi connectivity index (χ0v) is 10.8. The Hall–Kier alpha value is -2.57. The molecule has 20 heavy (non-hydrogen) atoms. The number of benzene rings is 1. The van der Waals surface area contributed by atoms with Gasteiger partial charge in [-0.25, -0.2) is 9.59 Å². The average Bonchev–Trinajstić information content (AvgIpc) is 2.36. The van der Waals surface area contributed by atoms with Crippen molar-refractivity contribution in [1.82, 2.24) is 5.32 Å². The minimum atomic E-state index is -1.92. The van der Waals surface area contributed by atoms with Gasteiger partial charge in [0.25, 0.3) is 0 Å². The molecule has 1 aromatic rings. The Morgan fingerprint density at radius 3 is 2.30 bits per heavy atom. The molecule has 0 bridgehead atoms. The van der Waals surface area contributed by atoms with Gasteiger partial charge in [-0.2, -0.15) is 0 Å². The van der Waals surface area contributed by atoms with Crippen molar-refractivity contribution >= 4 is 18.0 Å². The van der Waals surface area contributed by atoms with E-state index in [9.17, 15) is 14.4 Å². The largest absolute Gasteiger partial charge is 0.481 e. The van der Waals surface area contributed by atoms with Crippen LogP contribution >= 0.6 is 0 Å². The number of amides is 1. The van der Waals surface area contributed by atoms with Crippen LogP contribution < -0.4 is 5.32 Å². The predicted molar refractivity (Wildman–Crippen MR) is 68.1 cm³/mol. The molecule has 0 aromatic heterocycles. The molecule has 0 aliphatic carbocycles. The molecule has 0 aliphatic rings. The molecule has 1 unspecified atom stereocenters. The number of carbonyl (C=O) groups excluding carboxylic acids is 1. The lowest BCUT2D eigenvalue weighted by Crippen LogP contribution is -2.53. The second-order valence-electron chi connectivity index (χ2n) is 4.39. The van der Waals surface area contributed by atoms with Crippen LogP contribution in [0.4, 0.5) is 4.79 Å². The van der Waals surface area contributed by atoms with Gasteiger partial charge < -0.3 is 20.3 Å². The number of nitrogens with one attached hydrogen (secondary N) is 1. The third-order valence-electron chi connectivity index (χ3n) is 2.57. The van der Waals surface area contributed by atoms with Gasteiger partial charge in [-0.05, 0) is 12.5 Å². The first-order valence-electron chi connectivity index (χ1n) is 5.77. The highest BCUT2D eigenvalue weighted by Crippen LogP contribution is 2.11. The molecule has 1 atom stereocenters. The van der Waals surface area contributed by atoms with Gasteiger partial charge in [-0.1, -0.05) is 30.3 Å². The van der Waals surface area contributed by atoms with Gasteiger partial charge in [0, 0.05) is 0 Å². The molecule has 0 heterocycles. The number of carbonyl (C=O) groups is 3. The Labute approximate surface area is 115 Å². The van der Waals surface area contributed by atoms with Gasteiger partial charge in [0.05, 0.1) is 6.42 Å². The van der Waals surface area contributed by atoms with Crippen LogP contribution in [0, 0.1) is 0 Å². The first kappa shape index (κ1) is 15.5. The molecule has 0 radical (unpaired) electrons. The molecular formula is C13H15NO6. The Balaban J connectivity index is 2.59. The third-order valence-corrected chi connectivity index (χ3v) is 2.57. The van der Waals surface area contributed by atoms with E-state index in [0.717, 1.165) is 12.5 Å². The fraction of sp³-hybridized carbons (Fsp3) is 0.308. The van der Waals surface area contributed by atoms with Gasteiger partial charge in [-0.15, -0.1) is 0 Å². The van der Waals surface area contributed by atoms with E-state index in [1.54, 1.807) is 30.3 Å². The summed E-state index contributed by atoms with van der Waals surface area (Å²) >= 11 is 0. The maximum absolute atomic E-state index is 11.5. The molecule has 7 nitrogen and oxygen atoms in total. The normalized spacial score (nSPS) is 13.1. The Kier molecular flexibility index (Phi) is 5.08. The minimum Gasteiger partial charge on any atom is -0.481 e. The van der Waals surface area contributed by atoms with E-state index in [1.165, 1.54) is 0 Å². The van der Waals surface area contributed by atoms with Crippen molar-refractivity contribution in [1.29, 1.82) is 0 Å². The van der Waals surface area contributed by atoms with Gasteiger partial charge in [0.1, 0.15) is 12.1 Å². The molecule has 0 fully saturated rings. The van der Waals surface area contributed by atoms with Crippen LogP contribution in [0.3, 0.4) is 0 Å². The van der Waals surface area contributed by atoms with Gasteiger partial charge >= 0.3 is 18.0 Å².